The molecule has 0 N–H and O–H groups in total. The summed E-state index contributed by atoms with van der Waals surface area (Å²) in [6, 6.07) is 1.00. The molecule has 0 aliphatic carbocycles. The zero-order valence-corrected chi connectivity index (χ0v) is 7.79. The van der Waals surface area contributed by atoms with Crippen LogP contribution >= 0.6 is 15.9 Å². The zero-order valence-electron chi connectivity index (χ0n) is 6.20. The number of halogens is 4. The first-order chi connectivity index (χ1) is 5.45. The first kappa shape index (κ1) is 9.64. The molecule has 0 saturated heterocycles. The van der Waals surface area contributed by atoms with Gasteiger partial charge in [-0.25, -0.2) is 0 Å². The number of furan rings is 1. The highest BCUT2D eigenvalue weighted by Gasteiger charge is 2.35. The van der Waals surface area contributed by atoms with Gasteiger partial charge in [0, 0.05) is 10.9 Å². The second-order valence-electron chi connectivity index (χ2n) is 2.32. The van der Waals surface area contributed by atoms with Gasteiger partial charge in [-0.1, -0.05) is 15.9 Å². The van der Waals surface area contributed by atoms with E-state index in [0.29, 0.717) is 16.7 Å². The largest absolute Gasteiger partial charge is 0.456 e. The Morgan fingerprint density at radius 3 is 2.33 bits per heavy atom. The Bertz CT molecular complexity index is 277. The van der Waals surface area contributed by atoms with E-state index in [9.17, 15) is 13.2 Å². The van der Waals surface area contributed by atoms with Gasteiger partial charge >= 0.3 is 6.18 Å². The molecule has 1 nitrogen and oxygen atoms in total. The molecule has 0 saturated carbocycles. The average Bonchev–Trinajstić information content (AvgIpc) is 2.29. The van der Waals surface area contributed by atoms with E-state index in [0.717, 1.165) is 6.07 Å². The van der Waals surface area contributed by atoms with Crippen LogP contribution < -0.4 is 0 Å². The van der Waals surface area contributed by atoms with E-state index < -0.39 is 11.9 Å². The van der Waals surface area contributed by atoms with Crippen molar-refractivity contribution in [2.75, 3.05) is 0 Å². The standard InChI is InChI=1S/C7H6BrF3O/c1-4-5(3-8)2-6(12-4)7(9,10)11/h2H,3H2,1H3. The predicted molar refractivity (Wildman–Crippen MR) is 41.1 cm³/mol. The Hall–Kier alpha value is -0.450. The quantitative estimate of drug-likeness (QED) is 0.688. The van der Waals surface area contributed by atoms with Gasteiger partial charge in [-0.2, -0.15) is 13.2 Å². The molecule has 0 atom stereocenters. The smallest absolute Gasteiger partial charge is 0.449 e. The highest BCUT2D eigenvalue weighted by molar-refractivity contribution is 9.08. The van der Waals surface area contributed by atoms with Crippen LogP contribution in [0.25, 0.3) is 0 Å². The molecule has 0 amide bonds. The minimum Gasteiger partial charge on any atom is -0.456 e. The molecule has 68 valence electrons. The lowest BCUT2D eigenvalue weighted by molar-refractivity contribution is -0.153. The van der Waals surface area contributed by atoms with Crippen molar-refractivity contribution in [1.82, 2.24) is 0 Å². The molecule has 12 heavy (non-hydrogen) atoms. The number of aryl methyl sites for hydroxylation is 1. The van der Waals surface area contributed by atoms with Crippen LogP contribution in [0.5, 0.6) is 0 Å². The van der Waals surface area contributed by atoms with Gasteiger partial charge in [-0.15, -0.1) is 0 Å². The van der Waals surface area contributed by atoms with E-state index in [-0.39, 0.29) is 0 Å². The second kappa shape index (κ2) is 3.12. The summed E-state index contributed by atoms with van der Waals surface area (Å²) >= 11 is 3.06. The van der Waals surface area contributed by atoms with E-state index >= 15 is 0 Å². The first-order valence-corrected chi connectivity index (χ1v) is 4.29. The monoisotopic (exact) mass is 242 g/mol. The van der Waals surface area contributed by atoms with E-state index in [1.165, 1.54) is 6.92 Å². The molecular formula is C7H6BrF3O. The van der Waals surface area contributed by atoms with Gasteiger partial charge in [0.2, 0.25) is 5.76 Å². The fraction of sp³-hybridized carbons (Fsp3) is 0.429. The summed E-state index contributed by atoms with van der Waals surface area (Å²) in [5, 5.41) is 0.373. The summed E-state index contributed by atoms with van der Waals surface area (Å²) in [5.74, 6) is -0.631. The number of rotatable bonds is 1. The van der Waals surface area contributed by atoms with E-state index in [1.54, 1.807) is 0 Å². The van der Waals surface area contributed by atoms with Crippen LogP contribution in [0.4, 0.5) is 13.2 Å². The van der Waals surface area contributed by atoms with Crippen molar-refractivity contribution in [2.45, 2.75) is 18.4 Å². The third-order valence-corrected chi connectivity index (χ3v) is 2.05. The van der Waals surface area contributed by atoms with Gasteiger partial charge in [-0.05, 0) is 13.0 Å². The van der Waals surface area contributed by atoms with Crippen LogP contribution in [-0.2, 0) is 11.5 Å². The molecule has 0 aliphatic rings. The minimum atomic E-state index is -4.38. The number of hydrogen-bond donors (Lipinski definition) is 0. The highest BCUT2D eigenvalue weighted by atomic mass is 79.9. The van der Waals surface area contributed by atoms with Crippen molar-refractivity contribution in [1.29, 1.82) is 0 Å². The van der Waals surface area contributed by atoms with Crippen molar-refractivity contribution in [3.63, 3.8) is 0 Å². The summed E-state index contributed by atoms with van der Waals surface area (Å²) in [4.78, 5) is 0. The fourth-order valence-corrected chi connectivity index (χ4v) is 1.35. The Morgan fingerprint density at radius 2 is 2.08 bits per heavy atom. The van der Waals surface area contributed by atoms with Crippen molar-refractivity contribution >= 4 is 15.9 Å². The zero-order chi connectivity index (χ0) is 9.35. The fourth-order valence-electron chi connectivity index (χ4n) is 0.792. The van der Waals surface area contributed by atoms with Crippen LogP contribution in [0.15, 0.2) is 10.5 Å². The molecule has 0 unspecified atom stereocenters. The third-order valence-electron chi connectivity index (χ3n) is 1.44. The van der Waals surface area contributed by atoms with Crippen LogP contribution in [0.1, 0.15) is 17.1 Å². The van der Waals surface area contributed by atoms with Gasteiger partial charge in [-0.3, -0.25) is 0 Å². The van der Waals surface area contributed by atoms with E-state index in [2.05, 4.69) is 20.3 Å². The second-order valence-corrected chi connectivity index (χ2v) is 2.88. The first-order valence-electron chi connectivity index (χ1n) is 3.17. The summed E-state index contributed by atoms with van der Waals surface area (Å²) in [7, 11) is 0. The molecule has 1 aromatic heterocycles. The molecule has 0 aliphatic heterocycles. The maximum absolute atomic E-state index is 12.0. The molecule has 5 heteroatoms. The van der Waals surface area contributed by atoms with Gasteiger partial charge in [0.15, 0.2) is 0 Å². The molecule has 0 bridgehead atoms. The molecule has 1 rings (SSSR count). The predicted octanol–water partition coefficient (Wildman–Crippen LogP) is 3.50. The summed E-state index contributed by atoms with van der Waals surface area (Å²) in [6.45, 7) is 1.51. The van der Waals surface area contributed by atoms with Crippen LogP contribution in [0.2, 0.25) is 0 Å². The van der Waals surface area contributed by atoms with Crippen molar-refractivity contribution < 1.29 is 17.6 Å². The lowest BCUT2D eigenvalue weighted by atomic mass is 10.3. The lowest BCUT2D eigenvalue weighted by Crippen LogP contribution is -2.02. The molecule has 1 heterocycles. The Morgan fingerprint density at radius 1 is 1.50 bits per heavy atom. The lowest BCUT2D eigenvalue weighted by Gasteiger charge is -1.99. The molecule has 0 fully saturated rings. The number of alkyl halides is 4. The SMILES string of the molecule is Cc1oc(C(F)(F)F)cc1CBr. The summed E-state index contributed by atoms with van der Waals surface area (Å²) < 4.78 is 40.5. The van der Waals surface area contributed by atoms with Gasteiger partial charge in [0.1, 0.15) is 5.76 Å². The maximum Gasteiger partial charge on any atom is 0.449 e. The maximum atomic E-state index is 12.0. The molecular weight excluding hydrogens is 237 g/mol. The van der Waals surface area contributed by atoms with Crippen molar-refractivity contribution in [3.8, 4) is 0 Å². The average molecular weight is 243 g/mol. The van der Waals surface area contributed by atoms with Gasteiger partial charge in [0.25, 0.3) is 0 Å². The topological polar surface area (TPSA) is 13.1 Å². The normalized spacial score (nSPS) is 12.1. The summed E-state index contributed by atoms with van der Waals surface area (Å²) in [6.07, 6.45) is -4.38. The summed E-state index contributed by atoms with van der Waals surface area (Å²) in [5.41, 5.74) is 0.530. The molecule has 0 radical (unpaired) electrons. The van der Waals surface area contributed by atoms with Crippen LogP contribution in [-0.4, -0.2) is 0 Å². The minimum absolute atomic E-state index is 0.305. The highest BCUT2D eigenvalue weighted by Crippen LogP contribution is 2.32. The van der Waals surface area contributed by atoms with Crippen molar-refractivity contribution in [3.05, 3.63) is 23.2 Å². The molecule has 0 aromatic carbocycles. The van der Waals surface area contributed by atoms with Crippen LogP contribution in [0.3, 0.4) is 0 Å². The number of hydrogen-bond acceptors (Lipinski definition) is 1. The van der Waals surface area contributed by atoms with Crippen molar-refractivity contribution in [2.24, 2.45) is 0 Å². The Labute approximate surface area is 75.7 Å². The Kier molecular flexibility index (Phi) is 2.51. The van der Waals surface area contributed by atoms with E-state index in [4.69, 9.17) is 0 Å². The third kappa shape index (κ3) is 1.83. The van der Waals surface area contributed by atoms with Gasteiger partial charge < -0.3 is 4.42 Å². The van der Waals surface area contributed by atoms with E-state index in [1.807, 2.05) is 0 Å². The molecule has 0 spiro atoms. The Balaban J connectivity index is 3.05. The molecule has 1 aromatic rings. The van der Waals surface area contributed by atoms with Gasteiger partial charge in [0.05, 0.1) is 0 Å². The van der Waals surface area contributed by atoms with Crippen LogP contribution in [0, 0.1) is 6.92 Å².